The van der Waals surface area contributed by atoms with Crippen LogP contribution in [0.2, 0.25) is 0 Å². The minimum absolute atomic E-state index is 0.178. The Bertz CT molecular complexity index is 675. The van der Waals surface area contributed by atoms with Gasteiger partial charge in [0.15, 0.2) is 0 Å². The normalized spacial score (nSPS) is 10.3. The maximum absolute atomic E-state index is 12.8. The lowest BCUT2D eigenvalue weighted by Crippen LogP contribution is -2.20. The Morgan fingerprint density at radius 2 is 1.84 bits per heavy atom. The Hall–Kier alpha value is -2.43. The number of anilines is 1. The van der Waals surface area contributed by atoms with E-state index < -0.39 is 11.7 Å². The lowest BCUT2D eigenvalue weighted by molar-refractivity contribution is 0.102. The summed E-state index contributed by atoms with van der Waals surface area (Å²) in [6, 6.07) is 6.72. The van der Waals surface area contributed by atoms with Crippen LogP contribution in [0.15, 0.2) is 35.1 Å². The minimum atomic E-state index is -0.450. The van der Waals surface area contributed by atoms with Crippen LogP contribution in [0.25, 0.3) is 0 Å². The highest BCUT2D eigenvalue weighted by molar-refractivity contribution is 6.04. The van der Waals surface area contributed by atoms with Crippen molar-refractivity contribution in [1.29, 1.82) is 0 Å². The Kier molecular flexibility index (Phi) is 3.46. The third kappa shape index (κ3) is 2.88. The van der Waals surface area contributed by atoms with Crippen molar-refractivity contribution in [3.63, 3.8) is 0 Å². The number of rotatable bonds is 2. The van der Waals surface area contributed by atoms with Crippen LogP contribution in [0, 0.1) is 19.7 Å². The van der Waals surface area contributed by atoms with E-state index in [1.807, 2.05) is 6.92 Å². The molecule has 0 bridgehead atoms. The molecule has 0 aliphatic heterocycles. The Labute approximate surface area is 109 Å². The third-order valence-corrected chi connectivity index (χ3v) is 2.85. The number of aryl methyl sites for hydroxylation is 2. The molecule has 0 spiro atoms. The Morgan fingerprint density at radius 1 is 1.21 bits per heavy atom. The second-order valence-corrected chi connectivity index (χ2v) is 4.28. The molecule has 0 aliphatic carbocycles. The molecule has 2 N–H and O–H groups in total. The van der Waals surface area contributed by atoms with Gasteiger partial charge in [-0.25, -0.2) is 4.39 Å². The zero-order chi connectivity index (χ0) is 14.0. The first kappa shape index (κ1) is 13.0. The number of amides is 1. The van der Waals surface area contributed by atoms with Crippen molar-refractivity contribution in [2.45, 2.75) is 13.8 Å². The monoisotopic (exact) mass is 260 g/mol. The molecule has 19 heavy (non-hydrogen) atoms. The van der Waals surface area contributed by atoms with E-state index in [2.05, 4.69) is 10.3 Å². The van der Waals surface area contributed by atoms with Crippen molar-refractivity contribution in [2.75, 3.05) is 5.32 Å². The Morgan fingerprint density at radius 3 is 2.47 bits per heavy atom. The molecule has 0 fully saturated rings. The summed E-state index contributed by atoms with van der Waals surface area (Å²) in [6.07, 6.45) is 0. The highest BCUT2D eigenvalue weighted by Gasteiger charge is 2.09. The van der Waals surface area contributed by atoms with Gasteiger partial charge in [-0.3, -0.25) is 9.59 Å². The van der Waals surface area contributed by atoms with Crippen molar-refractivity contribution in [1.82, 2.24) is 4.98 Å². The smallest absolute Gasteiger partial charge is 0.271 e. The first-order valence-electron chi connectivity index (χ1n) is 5.75. The summed E-state index contributed by atoms with van der Waals surface area (Å²) >= 11 is 0. The summed E-state index contributed by atoms with van der Waals surface area (Å²) < 4.78 is 12.8. The minimum Gasteiger partial charge on any atom is -0.324 e. The topological polar surface area (TPSA) is 62.0 Å². The average Bonchev–Trinajstić information content (AvgIpc) is 2.36. The summed E-state index contributed by atoms with van der Waals surface area (Å²) in [6.45, 7) is 3.61. The van der Waals surface area contributed by atoms with Gasteiger partial charge in [-0.1, -0.05) is 0 Å². The number of carbonyl (C=O) groups is 1. The molecule has 1 aromatic heterocycles. The van der Waals surface area contributed by atoms with Crippen LogP contribution in [-0.2, 0) is 0 Å². The van der Waals surface area contributed by atoms with Gasteiger partial charge in [0.25, 0.3) is 11.5 Å². The SMILES string of the molecule is Cc1cc(NC(=O)c2ccc(F)cc2)c(=O)[nH]c1C. The highest BCUT2D eigenvalue weighted by Crippen LogP contribution is 2.09. The first-order chi connectivity index (χ1) is 8.97. The molecule has 4 nitrogen and oxygen atoms in total. The summed E-state index contributed by atoms with van der Waals surface area (Å²) in [5.41, 5.74) is 1.73. The molecule has 0 radical (unpaired) electrons. The molecule has 2 rings (SSSR count). The van der Waals surface area contributed by atoms with Crippen LogP contribution in [0.5, 0.6) is 0 Å². The van der Waals surface area contributed by atoms with E-state index in [9.17, 15) is 14.0 Å². The van der Waals surface area contributed by atoms with Crippen molar-refractivity contribution in [2.24, 2.45) is 0 Å². The molecule has 2 aromatic rings. The van der Waals surface area contributed by atoms with Crippen LogP contribution < -0.4 is 10.9 Å². The number of nitrogens with one attached hydrogen (secondary N) is 2. The molecule has 0 saturated carbocycles. The van der Waals surface area contributed by atoms with Gasteiger partial charge in [0.1, 0.15) is 11.5 Å². The van der Waals surface area contributed by atoms with E-state index in [0.717, 1.165) is 11.3 Å². The Balaban J connectivity index is 2.26. The van der Waals surface area contributed by atoms with Crippen molar-refractivity contribution < 1.29 is 9.18 Å². The lowest BCUT2D eigenvalue weighted by Gasteiger charge is -2.07. The number of carbonyl (C=O) groups excluding carboxylic acids is 1. The zero-order valence-electron chi connectivity index (χ0n) is 10.6. The molecule has 0 unspecified atom stereocenters. The number of benzene rings is 1. The fourth-order valence-electron chi connectivity index (χ4n) is 1.62. The molecular weight excluding hydrogens is 247 g/mol. The molecule has 98 valence electrons. The summed E-state index contributed by atoms with van der Waals surface area (Å²) in [4.78, 5) is 26.2. The number of aromatic nitrogens is 1. The second-order valence-electron chi connectivity index (χ2n) is 4.28. The fraction of sp³-hybridized carbons (Fsp3) is 0.143. The maximum atomic E-state index is 12.8. The predicted molar refractivity (Wildman–Crippen MR) is 70.9 cm³/mol. The number of H-pyrrole nitrogens is 1. The number of pyridine rings is 1. The van der Waals surface area contributed by atoms with Gasteiger partial charge >= 0.3 is 0 Å². The average molecular weight is 260 g/mol. The molecule has 0 aliphatic rings. The summed E-state index contributed by atoms with van der Waals surface area (Å²) in [7, 11) is 0. The van der Waals surface area contributed by atoms with Gasteiger partial charge < -0.3 is 10.3 Å². The van der Waals surface area contributed by atoms with Gasteiger partial charge in [0.2, 0.25) is 0 Å². The van der Waals surface area contributed by atoms with Gasteiger partial charge in [0, 0.05) is 11.3 Å². The molecule has 5 heteroatoms. The van der Waals surface area contributed by atoms with Gasteiger partial charge in [-0.2, -0.15) is 0 Å². The van der Waals surface area contributed by atoms with E-state index in [1.165, 1.54) is 24.3 Å². The zero-order valence-corrected chi connectivity index (χ0v) is 10.6. The van der Waals surface area contributed by atoms with Gasteiger partial charge in [-0.05, 0) is 49.7 Å². The van der Waals surface area contributed by atoms with Gasteiger partial charge in [-0.15, -0.1) is 0 Å². The molecule has 1 amide bonds. The quantitative estimate of drug-likeness (QED) is 0.870. The number of aromatic amines is 1. The standard InChI is InChI=1S/C14H13FN2O2/c1-8-7-12(14(19)16-9(8)2)17-13(18)10-3-5-11(15)6-4-10/h3-7H,1-2H3,(H,16,19)(H,17,18). The third-order valence-electron chi connectivity index (χ3n) is 2.85. The largest absolute Gasteiger partial charge is 0.324 e. The molecule has 1 aromatic carbocycles. The van der Waals surface area contributed by atoms with Crippen LogP contribution >= 0.6 is 0 Å². The van der Waals surface area contributed by atoms with E-state index in [0.29, 0.717) is 5.56 Å². The fourth-order valence-corrected chi connectivity index (χ4v) is 1.62. The lowest BCUT2D eigenvalue weighted by atomic mass is 10.2. The van der Waals surface area contributed by atoms with Crippen molar-refractivity contribution in [3.8, 4) is 0 Å². The molecule has 1 heterocycles. The maximum Gasteiger partial charge on any atom is 0.271 e. The van der Waals surface area contributed by atoms with Crippen LogP contribution in [-0.4, -0.2) is 10.9 Å². The number of halogens is 1. The molecule has 0 saturated heterocycles. The molecular formula is C14H13FN2O2. The van der Waals surface area contributed by atoms with Crippen molar-refractivity contribution >= 4 is 11.6 Å². The van der Waals surface area contributed by atoms with E-state index >= 15 is 0 Å². The summed E-state index contributed by atoms with van der Waals surface area (Å²) in [5, 5.41) is 2.51. The first-order valence-corrected chi connectivity index (χ1v) is 5.75. The van der Waals surface area contributed by atoms with E-state index in [4.69, 9.17) is 0 Å². The van der Waals surface area contributed by atoms with Gasteiger partial charge in [0.05, 0.1) is 0 Å². The van der Waals surface area contributed by atoms with E-state index in [1.54, 1.807) is 13.0 Å². The number of hydrogen-bond acceptors (Lipinski definition) is 2. The van der Waals surface area contributed by atoms with Crippen LogP contribution in [0.3, 0.4) is 0 Å². The highest BCUT2D eigenvalue weighted by atomic mass is 19.1. The van der Waals surface area contributed by atoms with Crippen LogP contribution in [0.1, 0.15) is 21.6 Å². The number of hydrogen-bond donors (Lipinski definition) is 2. The van der Waals surface area contributed by atoms with Crippen molar-refractivity contribution in [3.05, 3.63) is 63.3 Å². The van der Waals surface area contributed by atoms with E-state index in [-0.39, 0.29) is 11.2 Å². The molecule has 0 atom stereocenters. The van der Waals surface area contributed by atoms with Crippen LogP contribution in [0.4, 0.5) is 10.1 Å². The second kappa shape index (κ2) is 5.06. The predicted octanol–water partition coefficient (Wildman–Crippen LogP) is 2.38. The summed E-state index contributed by atoms with van der Waals surface area (Å²) in [5.74, 6) is -0.866.